The summed E-state index contributed by atoms with van der Waals surface area (Å²) >= 11 is 11.8. The fourth-order valence-corrected chi connectivity index (χ4v) is 2.01. The van der Waals surface area contributed by atoms with Gasteiger partial charge in [-0.2, -0.15) is 0 Å². The Balaban J connectivity index is 2.95. The van der Waals surface area contributed by atoms with Crippen molar-refractivity contribution in [3.05, 3.63) is 33.8 Å². The van der Waals surface area contributed by atoms with Crippen molar-refractivity contribution < 1.29 is 4.79 Å². The summed E-state index contributed by atoms with van der Waals surface area (Å²) in [6, 6.07) is 4.51. The second-order valence-electron chi connectivity index (χ2n) is 3.24. The number of primary amides is 1. The minimum absolute atomic E-state index is 0.186. The minimum atomic E-state index is -0.600. The fraction of sp³-hybridized carbons (Fsp3) is 0. The molecule has 6 heteroatoms. The number of carbonyl (C=O) groups excluding carboxylic acids is 1. The second kappa shape index (κ2) is 3.81. The number of amides is 1. The van der Waals surface area contributed by atoms with Gasteiger partial charge in [0.15, 0.2) is 0 Å². The summed E-state index contributed by atoms with van der Waals surface area (Å²) in [5.74, 6) is -0.414. The van der Waals surface area contributed by atoms with Gasteiger partial charge in [-0.25, -0.2) is 4.98 Å². The molecule has 4 nitrogen and oxygen atoms in total. The number of benzene rings is 1. The Morgan fingerprint density at radius 2 is 1.94 bits per heavy atom. The fourth-order valence-electron chi connectivity index (χ4n) is 1.48. The molecule has 0 atom stereocenters. The SMILES string of the molecule is NC(=O)c1cc(N)nc2c(Cl)cc(Cl)cc12. The molecule has 0 spiro atoms. The molecule has 1 aromatic carbocycles. The van der Waals surface area contributed by atoms with Gasteiger partial charge in [-0.15, -0.1) is 0 Å². The van der Waals surface area contributed by atoms with Gasteiger partial charge in [-0.3, -0.25) is 4.79 Å². The molecule has 0 radical (unpaired) electrons. The Hall–Kier alpha value is -1.52. The van der Waals surface area contributed by atoms with Crippen LogP contribution < -0.4 is 11.5 Å². The van der Waals surface area contributed by atoms with Crippen molar-refractivity contribution in [3.8, 4) is 0 Å². The molecule has 0 aliphatic carbocycles. The Morgan fingerprint density at radius 1 is 1.25 bits per heavy atom. The van der Waals surface area contributed by atoms with Crippen LogP contribution in [0.25, 0.3) is 10.9 Å². The minimum Gasteiger partial charge on any atom is -0.384 e. The lowest BCUT2D eigenvalue weighted by Crippen LogP contribution is -2.12. The van der Waals surface area contributed by atoms with Crippen LogP contribution in [0.3, 0.4) is 0 Å². The molecule has 1 amide bonds. The van der Waals surface area contributed by atoms with Gasteiger partial charge >= 0.3 is 0 Å². The van der Waals surface area contributed by atoms with Crippen LogP contribution in [0.2, 0.25) is 10.0 Å². The average molecular weight is 256 g/mol. The predicted molar refractivity (Wildman–Crippen MR) is 64.7 cm³/mol. The third-order valence-electron chi connectivity index (χ3n) is 2.12. The van der Waals surface area contributed by atoms with E-state index in [2.05, 4.69) is 4.98 Å². The number of anilines is 1. The number of nitrogen functional groups attached to an aromatic ring is 1. The van der Waals surface area contributed by atoms with Crippen LogP contribution in [-0.4, -0.2) is 10.9 Å². The van der Waals surface area contributed by atoms with Crippen LogP contribution in [0.4, 0.5) is 5.82 Å². The summed E-state index contributed by atoms with van der Waals surface area (Å²) in [6.45, 7) is 0. The summed E-state index contributed by atoms with van der Waals surface area (Å²) in [4.78, 5) is 15.3. The Bertz CT molecular complexity index is 598. The molecule has 16 heavy (non-hydrogen) atoms. The number of nitrogens with two attached hydrogens (primary N) is 2. The van der Waals surface area contributed by atoms with Gasteiger partial charge in [0.1, 0.15) is 5.82 Å². The van der Waals surface area contributed by atoms with Crippen molar-refractivity contribution in [3.63, 3.8) is 0 Å². The molecule has 0 aliphatic heterocycles. The molecule has 0 aliphatic rings. The molecular formula is C10H7Cl2N3O. The van der Waals surface area contributed by atoms with E-state index in [0.717, 1.165) is 0 Å². The monoisotopic (exact) mass is 255 g/mol. The topological polar surface area (TPSA) is 82.0 Å². The van der Waals surface area contributed by atoms with E-state index >= 15 is 0 Å². The van der Waals surface area contributed by atoms with E-state index in [9.17, 15) is 4.79 Å². The highest BCUT2D eigenvalue weighted by molar-refractivity contribution is 6.38. The zero-order valence-electron chi connectivity index (χ0n) is 8.00. The lowest BCUT2D eigenvalue weighted by atomic mass is 10.1. The van der Waals surface area contributed by atoms with E-state index in [1.165, 1.54) is 12.1 Å². The van der Waals surface area contributed by atoms with E-state index in [1.807, 2.05) is 0 Å². The first kappa shape index (κ1) is 11.0. The quantitative estimate of drug-likeness (QED) is 0.820. The Labute approximate surface area is 101 Å². The lowest BCUT2D eigenvalue weighted by molar-refractivity contribution is 0.100. The molecule has 2 aromatic rings. The number of halogens is 2. The number of fused-ring (bicyclic) bond motifs is 1. The summed E-state index contributed by atoms with van der Waals surface area (Å²) in [5, 5.41) is 1.24. The smallest absolute Gasteiger partial charge is 0.249 e. The molecule has 2 rings (SSSR count). The van der Waals surface area contributed by atoms with Gasteiger partial charge in [-0.1, -0.05) is 23.2 Å². The van der Waals surface area contributed by atoms with E-state index < -0.39 is 5.91 Å². The average Bonchev–Trinajstić information content (AvgIpc) is 2.18. The van der Waals surface area contributed by atoms with Crippen molar-refractivity contribution in [2.75, 3.05) is 5.73 Å². The number of rotatable bonds is 1. The Kier molecular flexibility index (Phi) is 2.61. The first-order valence-corrected chi connectivity index (χ1v) is 5.09. The van der Waals surface area contributed by atoms with Crippen LogP contribution in [0.1, 0.15) is 10.4 Å². The van der Waals surface area contributed by atoms with Crippen molar-refractivity contribution >= 4 is 45.8 Å². The maximum absolute atomic E-state index is 11.2. The molecule has 0 unspecified atom stereocenters. The van der Waals surface area contributed by atoms with Crippen LogP contribution in [0, 0.1) is 0 Å². The first-order chi connectivity index (χ1) is 7.49. The third kappa shape index (κ3) is 1.77. The number of hydrogen-bond acceptors (Lipinski definition) is 3. The lowest BCUT2D eigenvalue weighted by Gasteiger charge is -2.06. The first-order valence-electron chi connectivity index (χ1n) is 4.34. The van der Waals surface area contributed by atoms with Crippen molar-refractivity contribution in [2.45, 2.75) is 0 Å². The van der Waals surface area contributed by atoms with Gasteiger partial charge < -0.3 is 11.5 Å². The molecule has 0 saturated heterocycles. The second-order valence-corrected chi connectivity index (χ2v) is 4.09. The Morgan fingerprint density at radius 3 is 2.56 bits per heavy atom. The van der Waals surface area contributed by atoms with Gasteiger partial charge in [0.25, 0.3) is 0 Å². The maximum atomic E-state index is 11.2. The van der Waals surface area contributed by atoms with E-state index in [0.29, 0.717) is 20.9 Å². The predicted octanol–water partition coefficient (Wildman–Crippen LogP) is 2.22. The highest BCUT2D eigenvalue weighted by atomic mass is 35.5. The molecular weight excluding hydrogens is 249 g/mol. The highest BCUT2D eigenvalue weighted by Crippen LogP contribution is 2.29. The largest absolute Gasteiger partial charge is 0.384 e. The molecule has 4 N–H and O–H groups in total. The standard InChI is InChI=1S/C10H7Cl2N3O/c11-4-1-5-6(10(14)16)3-8(13)15-9(5)7(12)2-4/h1-3H,(H2,13,15)(H2,14,16). The van der Waals surface area contributed by atoms with Gasteiger partial charge in [0.05, 0.1) is 16.1 Å². The normalized spacial score (nSPS) is 10.6. The number of aromatic nitrogens is 1. The number of carbonyl (C=O) groups is 1. The molecule has 1 heterocycles. The summed E-state index contributed by atoms with van der Waals surface area (Å²) in [7, 11) is 0. The van der Waals surface area contributed by atoms with Crippen molar-refractivity contribution in [1.29, 1.82) is 0 Å². The van der Waals surface area contributed by atoms with E-state index in [4.69, 9.17) is 34.7 Å². The molecule has 82 valence electrons. The number of hydrogen-bond donors (Lipinski definition) is 2. The van der Waals surface area contributed by atoms with Gasteiger partial charge in [0.2, 0.25) is 5.91 Å². The zero-order chi connectivity index (χ0) is 11.9. The van der Waals surface area contributed by atoms with Gasteiger partial charge in [-0.05, 0) is 18.2 Å². The molecule has 0 fully saturated rings. The van der Waals surface area contributed by atoms with Crippen LogP contribution in [-0.2, 0) is 0 Å². The van der Waals surface area contributed by atoms with Crippen LogP contribution in [0.5, 0.6) is 0 Å². The molecule has 1 aromatic heterocycles. The third-order valence-corrected chi connectivity index (χ3v) is 2.62. The van der Waals surface area contributed by atoms with Gasteiger partial charge in [0, 0.05) is 10.4 Å². The van der Waals surface area contributed by atoms with E-state index in [1.54, 1.807) is 6.07 Å². The molecule has 0 saturated carbocycles. The summed E-state index contributed by atoms with van der Waals surface area (Å²) in [6.07, 6.45) is 0. The van der Waals surface area contributed by atoms with E-state index in [-0.39, 0.29) is 11.4 Å². The maximum Gasteiger partial charge on any atom is 0.249 e. The highest BCUT2D eigenvalue weighted by Gasteiger charge is 2.12. The molecule has 0 bridgehead atoms. The van der Waals surface area contributed by atoms with Crippen molar-refractivity contribution in [2.24, 2.45) is 5.73 Å². The summed E-state index contributed by atoms with van der Waals surface area (Å²) < 4.78 is 0. The van der Waals surface area contributed by atoms with Crippen molar-refractivity contribution in [1.82, 2.24) is 4.98 Å². The zero-order valence-corrected chi connectivity index (χ0v) is 9.51. The number of nitrogens with zero attached hydrogens (tertiary/aromatic N) is 1. The summed E-state index contributed by atoms with van der Waals surface area (Å²) in [5.41, 5.74) is 11.5. The number of pyridine rings is 1. The van der Waals surface area contributed by atoms with Crippen LogP contribution >= 0.6 is 23.2 Å². The van der Waals surface area contributed by atoms with Crippen LogP contribution in [0.15, 0.2) is 18.2 Å².